The number of thioether (sulfide) groups is 1. The second-order valence-electron chi connectivity index (χ2n) is 4.88. The first-order valence-corrected chi connectivity index (χ1v) is 8.77. The molecule has 0 saturated carbocycles. The average Bonchev–Trinajstić information content (AvgIpc) is 2.98. The molecule has 6 heteroatoms. The number of hydrogen-bond donors (Lipinski definition) is 1. The van der Waals surface area contributed by atoms with Gasteiger partial charge in [-0.2, -0.15) is 0 Å². The minimum Gasteiger partial charge on any atom is -0.332 e. The number of aromatic nitrogens is 2. The highest BCUT2D eigenvalue weighted by Gasteiger charge is 2.14. The largest absolute Gasteiger partial charge is 0.332 e. The molecule has 3 aromatic rings. The van der Waals surface area contributed by atoms with Crippen LogP contribution in [-0.4, -0.2) is 15.7 Å². The minimum absolute atomic E-state index is 0. The molecule has 124 valence electrons. The molecule has 1 aromatic heterocycles. The number of nitrogens with zero attached hydrogens (tertiary/aromatic N) is 1. The molecule has 0 radical (unpaired) electrons. The first-order chi connectivity index (χ1) is 11.2. The van der Waals surface area contributed by atoms with Gasteiger partial charge in [-0.25, -0.2) is 4.98 Å². The lowest BCUT2D eigenvalue weighted by Gasteiger charge is -2.03. The Hall–Kier alpha value is -1.39. The summed E-state index contributed by atoms with van der Waals surface area (Å²) in [7, 11) is 0. The Morgan fingerprint density at radius 2 is 1.50 bits per heavy atom. The van der Waals surface area contributed by atoms with Crippen molar-refractivity contribution in [1.29, 1.82) is 0 Å². The topological polar surface area (TPSA) is 28.7 Å². The third-order valence-corrected chi connectivity index (χ3v) is 4.64. The van der Waals surface area contributed by atoms with Gasteiger partial charge in [0.2, 0.25) is 0 Å². The molecule has 3 rings (SSSR count). The lowest BCUT2D eigenvalue weighted by molar-refractivity contribution is 1.06. The van der Waals surface area contributed by atoms with Crippen LogP contribution < -0.4 is 0 Å². The Morgan fingerprint density at radius 1 is 0.958 bits per heavy atom. The smallest absolute Gasteiger partial charge is 0.166 e. The fourth-order valence-electron chi connectivity index (χ4n) is 2.20. The summed E-state index contributed by atoms with van der Waals surface area (Å²) in [6.45, 7) is 3.75. The van der Waals surface area contributed by atoms with Crippen LogP contribution in [0.5, 0.6) is 0 Å². The van der Waals surface area contributed by atoms with Crippen molar-refractivity contribution >= 4 is 47.4 Å². The van der Waals surface area contributed by atoms with Crippen LogP contribution in [0.3, 0.4) is 0 Å². The molecular formula is C18H15Cl3N2S. The quantitative estimate of drug-likeness (QED) is 0.381. The van der Waals surface area contributed by atoms with E-state index < -0.39 is 0 Å². The van der Waals surface area contributed by atoms with Crippen LogP contribution in [0.2, 0.25) is 10.0 Å². The average molecular weight is 398 g/mol. The van der Waals surface area contributed by atoms with E-state index in [2.05, 4.69) is 11.6 Å². The predicted molar refractivity (Wildman–Crippen MR) is 108 cm³/mol. The van der Waals surface area contributed by atoms with E-state index >= 15 is 0 Å². The molecule has 0 spiro atoms. The summed E-state index contributed by atoms with van der Waals surface area (Å²) in [6, 6.07) is 15.4. The maximum atomic E-state index is 5.99. The Kier molecular flexibility index (Phi) is 6.81. The van der Waals surface area contributed by atoms with Crippen molar-refractivity contribution < 1.29 is 0 Å². The van der Waals surface area contributed by atoms with E-state index in [1.54, 1.807) is 11.8 Å². The number of aromatic amines is 1. The summed E-state index contributed by atoms with van der Waals surface area (Å²) in [5.41, 5.74) is 3.92. The van der Waals surface area contributed by atoms with Gasteiger partial charge in [0.05, 0.1) is 11.4 Å². The lowest BCUT2D eigenvalue weighted by Crippen LogP contribution is -1.83. The summed E-state index contributed by atoms with van der Waals surface area (Å²) in [5, 5.41) is 2.28. The Bertz CT molecular complexity index is 748. The number of benzene rings is 2. The zero-order chi connectivity index (χ0) is 16.2. The van der Waals surface area contributed by atoms with Crippen LogP contribution in [0.4, 0.5) is 0 Å². The van der Waals surface area contributed by atoms with Crippen LogP contribution in [0.1, 0.15) is 0 Å². The van der Waals surface area contributed by atoms with Crippen molar-refractivity contribution in [2.24, 2.45) is 0 Å². The Labute approximate surface area is 161 Å². The van der Waals surface area contributed by atoms with Gasteiger partial charge in [0.15, 0.2) is 5.16 Å². The number of H-pyrrole nitrogens is 1. The number of hydrogen-bond acceptors (Lipinski definition) is 2. The van der Waals surface area contributed by atoms with Crippen molar-refractivity contribution in [3.8, 4) is 22.5 Å². The summed E-state index contributed by atoms with van der Waals surface area (Å²) in [6.07, 6.45) is 1.86. The molecule has 0 aliphatic rings. The molecule has 0 unspecified atom stereocenters. The zero-order valence-corrected chi connectivity index (χ0v) is 15.8. The maximum absolute atomic E-state index is 5.99. The van der Waals surface area contributed by atoms with Crippen LogP contribution in [0.15, 0.2) is 66.3 Å². The number of imidazole rings is 1. The van der Waals surface area contributed by atoms with Crippen molar-refractivity contribution in [1.82, 2.24) is 9.97 Å². The minimum atomic E-state index is 0. The maximum Gasteiger partial charge on any atom is 0.166 e. The SMILES string of the molecule is C=CCSc1nc(-c2ccc(Cl)cc2)c(-c2ccc(Cl)cc2)[nH]1.Cl. The van der Waals surface area contributed by atoms with Gasteiger partial charge in [-0.05, 0) is 24.3 Å². The van der Waals surface area contributed by atoms with E-state index in [1.807, 2.05) is 54.6 Å². The van der Waals surface area contributed by atoms with Gasteiger partial charge < -0.3 is 4.98 Å². The molecule has 1 N–H and O–H groups in total. The van der Waals surface area contributed by atoms with Crippen LogP contribution >= 0.6 is 47.4 Å². The first-order valence-electron chi connectivity index (χ1n) is 7.03. The summed E-state index contributed by atoms with van der Waals surface area (Å²) >= 11 is 13.6. The van der Waals surface area contributed by atoms with Crippen molar-refractivity contribution in [3.05, 3.63) is 71.2 Å². The molecule has 0 amide bonds. The van der Waals surface area contributed by atoms with Crippen LogP contribution in [0.25, 0.3) is 22.5 Å². The molecule has 24 heavy (non-hydrogen) atoms. The van der Waals surface area contributed by atoms with Gasteiger partial charge in [-0.1, -0.05) is 65.3 Å². The van der Waals surface area contributed by atoms with Gasteiger partial charge in [0.25, 0.3) is 0 Å². The second kappa shape index (κ2) is 8.63. The molecule has 0 atom stereocenters. The van der Waals surface area contributed by atoms with E-state index in [0.29, 0.717) is 10.0 Å². The van der Waals surface area contributed by atoms with Crippen molar-refractivity contribution in [2.45, 2.75) is 5.16 Å². The molecule has 0 saturated heterocycles. The normalized spacial score (nSPS) is 10.2. The van der Waals surface area contributed by atoms with E-state index in [4.69, 9.17) is 28.2 Å². The van der Waals surface area contributed by atoms with E-state index in [9.17, 15) is 0 Å². The fraction of sp³-hybridized carbons (Fsp3) is 0.0556. The molecule has 2 aromatic carbocycles. The van der Waals surface area contributed by atoms with Gasteiger partial charge in [-0.15, -0.1) is 19.0 Å². The zero-order valence-electron chi connectivity index (χ0n) is 12.6. The molecule has 0 bridgehead atoms. The van der Waals surface area contributed by atoms with Crippen molar-refractivity contribution in [2.75, 3.05) is 5.75 Å². The first kappa shape index (κ1) is 18.9. The fourth-order valence-corrected chi connectivity index (χ4v) is 3.06. The van der Waals surface area contributed by atoms with E-state index in [1.165, 1.54) is 0 Å². The number of rotatable bonds is 5. The Balaban J connectivity index is 0.00000208. The Morgan fingerprint density at radius 3 is 2.04 bits per heavy atom. The molecule has 1 heterocycles. The molecule has 2 nitrogen and oxygen atoms in total. The van der Waals surface area contributed by atoms with Crippen LogP contribution in [-0.2, 0) is 0 Å². The summed E-state index contributed by atoms with van der Waals surface area (Å²) in [4.78, 5) is 8.12. The summed E-state index contributed by atoms with van der Waals surface area (Å²) in [5.74, 6) is 0.799. The van der Waals surface area contributed by atoms with Gasteiger partial charge >= 0.3 is 0 Å². The third-order valence-electron chi connectivity index (χ3n) is 3.27. The summed E-state index contributed by atoms with van der Waals surface area (Å²) < 4.78 is 0. The van der Waals surface area contributed by atoms with Crippen molar-refractivity contribution in [3.63, 3.8) is 0 Å². The van der Waals surface area contributed by atoms with Gasteiger partial charge in [0, 0.05) is 26.9 Å². The van der Waals surface area contributed by atoms with Gasteiger partial charge in [0.1, 0.15) is 0 Å². The number of halogens is 3. The highest BCUT2D eigenvalue weighted by molar-refractivity contribution is 7.99. The van der Waals surface area contributed by atoms with E-state index in [0.717, 1.165) is 33.4 Å². The molecule has 0 aliphatic carbocycles. The monoisotopic (exact) mass is 396 g/mol. The highest BCUT2D eigenvalue weighted by Crippen LogP contribution is 2.33. The van der Waals surface area contributed by atoms with Gasteiger partial charge in [-0.3, -0.25) is 0 Å². The third kappa shape index (κ3) is 4.37. The number of nitrogens with one attached hydrogen (secondary N) is 1. The second-order valence-corrected chi connectivity index (χ2v) is 6.76. The molecule has 0 aliphatic heterocycles. The lowest BCUT2D eigenvalue weighted by atomic mass is 10.1. The standard InChI is InChI=1S/C18H14Cl2N2S.ClH/c1-2-11-23-18-21-16(12-3-7-14(19)8-4-12)17(22-18)13-5-9-15(20)10-6-13;/h2-10H,1,11H2,(H,21,22);1H. The molecule has 0 fully saturated rings. The predicted octanol–water partition coefficient (Wildman–Crippen LogP) is 6.75. The molecular weight excluding hydrogens is 383 g/mol. The highest BCUT2D eigenvalue weighted by atomic mass is 35.5. The van der Waals surface area contributed by atoms with Crippen LogP contribution in [0, 0.1) is 0 Å². The van der Waals surface area contributed by atoms with E-state index in [-0.39, 0.29) is 12.4 Å².